The Labute approximate surface area is 139 Å². The molecule has 126 valence electrons. The highest BCUT2D eigenvalue weighted by Crippen LogP contribution is 2.14. The molecule has 6 heteroatoms. The maximum absolute atomic E-state index is 12.7. The van der Waals surface area contributed by atoms with Crippen LogP contribution >= 0.6 is 0 Å². The predicted molar refractivity (Wildman–Crippen MR) is 91.7 cm³/mol. The van der Waals surface area contributed by atoms with Crippen LogP contribution in [0.25, 0.3) is 11.0 Å². The van der Waals surface area contributed by atoms with E-state index in [1.54, 1.807) is 33.4 Å². The van der Waals surface area contributed by atoms with E-state index in [-0.39, 0.29) is 18.1 Å². The lowest BCUT2D eigenvalue weighted by atomic mass is 10.3. The molecule has 0 unspecified atom stereocenters. The molecule has 0 bridgehead atoms. The summed E-state index contributed by atoms with van der Waals surface area (Å²) in [5.74, 6) is 0.583. The zero-order valence-electron chi connectivity index (χ0n) is 13.9. The Hall–Kier alpha value is -2.76. The lowest BCUT2D eigenvalue weighted by Gasteiger charge is -2.16. The molecule has 2 heterocycles. The van der Waals surface area contributed by atoms with Crippen molar-refractivity contribution in [3.8, 4) is 0 Å². The van der Waals surface area contributed by atoms with Crippen molar-refractivity contribution in [2.45, 2.75) is 33.0 Å². The van der Waals surface area contributed by atoms with Crippen LogP contribution in [0.2, 0.25) is 0 Å². The van der Waals surface area contributed by atoms with Gasteiger partial charge in [0.05, 0.1) is 23.8 Å². The molecule has 0 saturated heterocycles. The third kappa shape index (κ3) is 2.99. The van der Waals surface area contributed by atoms with E-state index in [9.17, 15) is 9.59 Å². The van der Waals surface area contributed by atoms with Crippen LogP contribution in [0.3, 0.4) is 0 Å². The first-order valence-corrected chi connectivity index (χ1v) is 8.06. The van der Waals surface area contributed by atoms with E-state index < -0.39 is 0 Å². The number of fused-ring (bicyclic) bond motifs is 1. The van der Waals surface area contributed by atoms with E-state index in [0.29, 0.717) is 18.8 Å². The van der Waals surface area contributed by atoms with E-state index in [4.69, 9.17) is 4.42 Å². The second-order valence-corrected chi connectivity index (χ2v) is 5.84. The molecule has 3 aromatic rings. The molecule has 0 fully saturated rings. The highest BCUT2D eigenvalue weighted by molar-refractivity contribution is 5.80. The standard InChI is InChI=1S/C18H21N3O3/c1-3-10-20-15-8-4-5-9-16(15)21(18(20)23)13-17(22)19(2)12-14-7-6-11-24-14/h4-9,11H,3,10,12-13H2,1-2H3. The van der Waals surface area contributed by atoms with Crippen LogP contribution in [0, 0.1) is 0 Å². The number of hydrogen-bond donors (Lipinski definition) is 0. The third-order valence-corrected chi connectivity index (χ3v) is 4.06. The first-order valence-electron chi connectivity index (χ1n) is 8.06. The van der Waals surface area contributed by atoms with Crippen LogP contribution in [0.5, 0.6) is 0 Å². The molecule has 0 atom stereocenters. The number of likely N-dealkylation sites (N-methyl/N-ethyl adjacent to an activating group) is 1. The summed E-state index contributed by atoms with van der Waals surface area (Å²) in [7, 11) is 1.71. The molecule has 24 heavy (non-hydrogen) atoms. The fourth-order valence-electron chi connectivity index (χ4n) is 2.85. The Morgan fingerprint density at radius 3 is 2.46 bits per heavy atom. The maximum atomic E-state index is 12.7. The molecule has 0 N–H and O–H groups in total. The van der Waals surface area contributed by atoms with Gasteiger partial charge in [-0.1, -0.05) is 19.1 Å². The van der Waals surface area contributed by atoms with E-state index in [2.05, 4.69) is 0 Å². The summed E-state index contributed by atoms with van der Waals surface area (Å²) in [6.45, 7) is 3.07. The summed E-state index contributed by atoms with van der Waals surface area (Å²) >= 11 is 0. The minimum Gasteiger partial charge on any atom is -0.467 e. The largest absolute Gasteiger partial charge is 0.467 e. The molecule has 0 spiro atoms. The molecule has 2 aromatic heterocycles. The van der Waals surface area contributed by atoms with Gasteiger partial charge in [-0.2, -0.15) is 0 Å². The van der Waals surface area contributed by atoms with Crippen LogP contribution in [0.1, 0.15) is 19.1 Å². The molecule has 0 radical (unpaired) electrons. The summed E-state index contributed by atoms with van der Waals surface area (Å²) in [5.41, 5.74) is 1.51. The molecule has 6 nitrogen and oxygen atoms in total. The van der Waals surface area contributed by atoms with E-state index >= 15 is 0 Å². The first kappa shape index (κ1) is 16.1. The monoisotopic (exact) mass is 327 g/mol. The summed E-state index contributed by atoms with van der Waals surface area (Å²) in [4.78, 5) is 26.8. The van der Waals surface area contributed by atoms with Crippen LogP contribution in [0.15, 0.2) is 51.9 Å². The van der Waals surface area contributed by atoms with Gasteiger partial charge in [0.25, 0.3) is 0 Å². The molecule has 1 amide bonds. The summed E-state index contributed by atoms with van der Waals surface area (Å²) in [6.07, 6.45) is 2.44. The SMILES string of the molecule is CCCn1c(=O)n(CC(=O)N(C)Cc2ccco2)c2ccccc21. The minimum atomic E-state index is -0.141. The number of amides is 1. The first-order chi connectivity index (χ1) is 11.6. The Kier molecular flexibility index (Phi) is 4.55. The lowest BCUT2D eigenvalue weighted by molar-refractivity contribution is -0.131. The number of para-hydroxylation sites is 2. The van der Waals surface area contributed by atoms with Crippen LogP contribution in [0.4, 0.5) is 0 Å². The summed E-state index contributed by atoms with van der Waals surface area (Å²) < 4.78 is 8.55. The van der Waals surface area contributed by atoms with Crippen molar-refractivity contribution in [3.05, 3.63) is 58.9 Å². The molecule has 1 aromatic carbocycles. The van der Waals surface area contributed by atoms with Crippen LogP contribution in [-0.2, 0) is 24.4 Å². The smallest absolute Gasteiger partial charge is 0.329 e. The van der Waals surface area contributed by atoms with Gasteiger partial charge in [-0.05, 0) is 30.7 Å². The number of nitrogens with zero attached hydrogens (tertiary/aromatic N) is 3. The van der Waals surface area contributed by atoms with E-state index in [1.165, 1.54) is 0 Å². The number of benzene rings is 1. The third-order valence-electron chi connectivity index (χ3n) is 4.06. The Morgan fingerprint density at radius 2 is 1.83 bits per heavy atom. The maximum Gasteiger partial charge on any atom is 0.329 e. The van der Waals surface area contributed by atoms with Crippen molar-refractivity contribution in [3.63, 3.8) is 0 Å². The predicted octanol–water partition coefficient (Wildman–Crippen LogP) is 2.46. The molecule has 0 aliphatic carbocycles. The number of carbonyl (C=O) groups is 1. The molecule has 0 saturated carbocycles. The van der Waals surface area contributed by atoms with Crippen molar-refractivity contribution in [2.75, 3.05) is 7.05 Å². The van der Waals surface area contributed by atoms with Crippen molar-refractivity contribution < 1.29 is 9.21 Å². The fourth-order valence-corrected chi connectivity index (χ4v) is 2.85. The number of hydrogen-bond acceptors (Lipinski definition) is 3. The van der Waals surface area contributed by atoms with Crippen molar-refractivity contribution in [1.82, 2.24) is 14.0 Å². The van der Waals surface area contributed by atoms with Crippen molar-refractivity contribution in [2.24, 2.45) is 0 Å². The number of furan rings is 1. The normalized spacial score (nSPS) is 11.1. The second kappa shape index (κ2) is 6.78. The van der Waals surface area contributed by atoms with Crippen molar-refractivity contribution >= 4 is 16.9 Å². The lowest BCUT2D eigenvalue weighted by Crippen LogP contribution is -2.34. The summed E-state index contributed by atoms with van der Waals surface area (Å²) in [5, 5.41) is 0. The topological polar surface area (TPSA) is 60.4 Å². The molecule has 0 aliphatic rings. The zero-order chi connectivity index (χ0) is 17.1. The van der Waals surface area contributed by atoms with Gasteiger partial charge in [-0.25, -0.2) is 4.79 Å². The quantitative estimate of drug-likeness (QED) is 0.699. The van der Waals surface area contributed by atoms with Gasteiger partial charge in [-0.3, -0.25) is 13.9 Å². The highest BCUT2D eigenvalue weighted by Gasteiger charge is 2.17. The van der Waals surface area contributed by atoms with Crippen molar-refractivity contribution in [1.29, 1.82) is 0 Å². The summed E-state index contributed by atoms with van der Waals surface area (Å²) in [6, 6.07) is 11.2. The van der Waals surface area contributed by atoms with Gasteiger partial charge >= 0.3 is 5.69 Å². The molecular weight excluding hydrogens is 306 g/mol. The van der Waals surface area contributed by atoms with Gasteiger partial charge in [0.2, 0.25) is 5.91 Å². The number of aryl methyl sites for hydroxylation is 1. The number of carbonyl (C=O) groups excluding carboxylic acids is 1. The van der Waals surface area contributed by atoms with Gasteiger partial charge in [0.15, 0.2) is 0 Å². The number of rotatable bonds is 6. The Morgan fingerprint density at radius 1 is 1.12 bits per heavy atom. The number of imidazole rings is 1. The van der Waals surface area contributed by atoms with Gasteiger partial charge in [-0.15, -0.1) is 0 Å². The van der Waals surface area contributed by atoms with Crippen LogP contribution in [-0.4, -0.2) is 27.0 Å². The highest BCUT2D eigenvalue weighted by atomic mass is 16.3. The number of aromatic nitrogens is 2. The minimum absolute atomic E-state index is 0.0211. The Balaban J connectivity index is 1.88. The molecular formula is C18H21N3O3. The Bertz CT molecular complexity index is 890. The fraction of sp³-hybridized carbons (Fsp3) is 0.333. The van der Waals surface area contributed by atoms with Crippen LogP contribution < -0.4 is 5.69 Å². The van der Waals surface area contributed by atoms with E-state index in [0.717, 1.165) is 17.5 Å². The van der Waals surface area contributed by atoms with Gasteiger partial charge in [0, 0.05) is 13.6 Å². The second-order valence-electron chi connectivity index (χ2n) is 5.84. The van der Waals surface area contributed by atoms with E-state index in [1.807, 2.05) is 37.3 Å². The zero-order valence-corrected chi connectivity index (χ0v) is 13.9. The molecule has 0 aliphatic heterocycles. The average Bonchev–Trinajstić information content (AvgIpc) is 3.17. The average molecular weight is 327 g/mol. The van der Waals surface area contributed by atoms with Gasteiger partial charge in [0.1, 0.15) is 12.3 Å². The van der Waals surface area contributed by atoms with Gasteiger partial charge < -0.3 is 9.32 Å². The molecule has 3 rings (SSSR count).